The summed E-state index contributed by atoms with van der Waals surface area (Å²) in [5, 5.41) is 12.1. The summed E-state index contributed by atoms with van der Waals surface area (Å²) in [5.74, 6) is -2.11. The number of hydrogen-bond donors (Lipinski definition) is 2. The van der Waals surface area contributed by atoms with Crippen molar-refractivity contribution in [2.24, 2.45) is 0 Å². The number of anilines is 1. The highest BCUT2D eigenvalue weighted by atomic mass is 35.5. The normalized spacial score (nSPS) is 10.6. The minimum absolute atomic E-state index is 0.0892. The van der Waals surface area contributed by atoms with E-state index in [1.807, 2.05) is 0 Å². The number of nitrogens with one attached hydrogen (secondary N) is 1. The Hall–Kier alpha value is -2.60. The van der Waals surface area contributed by atoms with Crippen LogP contribution >= 0.6 is 34.8 Å². The van der Waals surface area contributed by atoms with Gasteiger partial charge < -0.3 is 10.4 Å². The van der Waals surface area contributed by atoms with Crippen molar-refractivity contribution in [2.75, 3.05) is 5.32 Å². The van der Waals surface area contributed by atoms with E-state index in [1.54, 1.807) is 0 Å². The van der Waals surface area contributed by atoms with Crippen molar-refractivity contribution >= 4 is 52.4 Å². The van der Waals surface area contributed by atoms with Crippen LogP contribution in [0.25, 0.3) is 11.1 Å². The quantitative estimate of drug-likeness (QED) is 0.495. The fourth-order valence-corrected chi connectivity index (χ4v) is 3.16. The second kappa shape index (κ2) is 8.19. The van der Waals surface area contributed by atoms with E-state index in [-0.39, 0.29) is 26.2 Å². The minimum atomic E-state index is -1.07. The SMILES string of the molecule is O=C(O)c1ccc(NC(=O)c2cc(Cl)c(Cl)cc2-c2ccc(F)cc2Cl)cc1. The van der Waals surface area contributed by atoms with E-state index in [0.29, 0.717) is 16.8 Å². The number of carboxylic acid groups (broad SMARTS) is 1. The first-order chi connectivity index (χ1) is 13.3. The molecule has 0 fully saturated rings. The summed E-state index contributed by atoms with van der Waals surface area (Å²) in [4.78, 5) is 23.8. The number of amides is 1. The van der Waals surface area contributed by atoms with E-state index in [2.05, 4.69) is 5.32 Å². The van der Waals surface area contributed by atoms with Gasteiger partial charge >= 0.3 is 5.97 Å². The Bertz CT molecular complexity index is 1080. The number of halogens is 4. The third kappa shape index (κ3) is 4.28. The first-order valence-electron chi connectivity index (χ1n) is 7.85. The zero-order valence-electron chi connectivity index (χ0n) is 14.0. The van der Waals surface area contributed by atoms with Gasteiger partial charge in [0, 0.05) is 16.8 Å². The van der Waals surface area contributed by atoms with Gasteiger partial charge in [0.1, 0.15) is 5.82 Å². The molecular formula is C20H11Cl3FNO3. The van der Waals surface area contributed by atoms with Crippen LogP contribution in [0.4, 0.5) is 10.1 Å². The lowest BCUT2D eigenvalue weighted by Gasteiger charge is -2.13. The summed E-state index contributed by atoms with van der Waals surface area (Å²) in [5.41, 5.74) is 1.43. The maximum atomic E-state index is 13.4. The van der Waals surface area contributed by atoms with Crippen molar-refractivity contribution in [1.82, 2.24) is 0 Å². The van der Waals surface area contributed by atoms with Crippen LogP contribution in [0, 0.1) is 5.82 Å². The molecule has 0 unspecified atom stereocenters. The summed E-state index contributed by atoms with van der Waals surface area (Å²) in [6.45, 7) is 0. The smallest absolute Gasteiger partial charge is 0.335 e. The molecule has 8 heteroatoms. The summed E-state index contributed by atoms with van der Waals surface area (Å²) in [6, 6.07) is 12.3. The predicted octanol–water partition coefficient (Wildman–Crippen LogP) is 6.40. The summed E-state index contributed by atoms with van der Waals surface area (Å²) in [6.07, 6.45) is 0. The van der Waals surface area contributed by atoms with Crippen LogP contribution in [-0.4, -0.2) is 17.0 Å². The summed E-state index contributed by atoms with van der Waals surface area (Å²) >= 11 is 18.3. The number of hydrogen-bond acceptors (Lipinski definition) is 2. The number of carbonyl (C=O) groups is 2. The molecule has 4 nitrogen and oxygen atoms in total. The Kier molecular flexibility index (Phi) is 5.89. The third-order valence-electron chi connectivity index (χ3n) is 3.92. The molecular weight excluding hydrogens is 428 g/mol. The zero-order valence-corrected chi connectivity index (χ0v) is 16.2. The first kappa shape index (κ1) is 20.1. The van der Waals surface area contributed by atoms with E-state index in [1.165, 1.54) is 48.5 Å². The van der Waals surface area contributed by atoms with Gasteiger partial charge in [-0.2, -0.15) is 0 Å². The van der Waals surface area contributed by atoms with Gasteiger partial charge in [-0.15, -0.1) is 0 Å². The third-order valence-corrected chi connectivity index (χ3v) is 4.95. The van der Waals surface area contributed by atoms with E-state index in [4.69, 9.17) is 39.9 Å². The lowest BCUT2D eigenvalue weighted by atomic mass is 9.98. The highest BCUT2D eigenvalue weighted by molar-refractivity contribution is 6.42. The molecule has 3 rings (SSSR count). The molecule has 28 heavy (non-hydrogen) atoms. The monoisotopic (exact) mass is 437 g/mol. The topological polar surface area (TPSA) is 66.4 Å². The van der Waals surface area contributed by atoms with Crippen molar-refractivity contribution in [2.45, 2.75) is 0 Å². The highest BCUT2D eigenvalue weighted by Crippen LogP contribution is 2.36. The highest BCUT2D eigenvalue weighted by Gasteiger charge is 2.18. The fourth-order valence-electron chi connectivity index (χ4n) is 2.56. The van der Waals surface area contributed by atoms with Crippen LogP contribution in [-0.2, 0) is 0 Å². The minimum Gasteiger partial charge on any atom is -0.478 e. The molecule has 0 aliphatic carbocycles. The lowest BCUT2D eigenvalue weighted by molar-refractivity contribution is 0.0696. The lowest BCUT2D eigenvalue weighted by Crippen LogP contribution is -2.13. The van der Waals surface area contributed by atoms with Crippen molar-refractivity contribution in [1.29, 1.82) is 0 Å². The van der Waals surface area contributed by atoms with E-state index >= 15 is 0 Å². The molecule has 0 saturated heterocycles. The number of benzene rings is 3. The van der Waals surface area contributed by atoms with Gasteiger partial charge in [-0.1, -0.05) is 34.8 Å². The van der Waals surface area contributed by atoms with Gasteiger partial charge in [-0.3, -0.25) is 4.79 Å². The second-order valence-corrected chi connectivity index (χ2v) is 6.99. The Morgan fingerprint density at radius 1 is 0.821 bits per heavy atom. The molecule has 0 aromatic heterocycles. The summed E-state index contributed by atoms with van der Waals surface area (Å²) in [7, 11) is 0. The molecule has 1 amide bonds. The van der Waals surface area contributed by atoms with Crippen LogP contribution in [0.15, 0.2) is 54.6 Å². The largest absolute Gasteiger partial charge is 0.478 e. The maximum Gasteiger partial charge on any atom is 0.335 e. The molecule has 0 spiro atoms. The first-order valence-corrected chi connectivity index (χ1v) is 8.99. The van der Waals surface area contributed by atoms with Crippen LogP contribution < -0.4 is 5.32 Å². The zero-order chi connectivity index (χ0) is 20.4. The predicted molar refractivity (Wildman–Crippen MR) is 108 cm³/mol. The molecule has 0 radical (unpaired) electrons. The molecule has 0 saturated carbocycles. The van der Waals surface area contributed by atoms with Gasteiger partial charge in [-0.25, -0.2) is 9.18 Å². The fraction of sp³-hybridized carbons (Fsp3) is 0. The summed E-state index contributed by atoms with van der Waals surface area (Å²) < 4.78 is 13.4. The molecule has 142 valence electrons. The van der Waals surface area contributed by atoms with Crippen molar-refractivity contribution < 1.29 is 19.1 Å². The van der Waals surface area contributed by atoms with E-state index in [0.717, 1.165) is 6.07 Å². The Morgan fingerprint density at radius 2 is 1.46 bits per heavy atom. The molecule has 0 aliphatic heterocycles. The van der Waals surface area contributed by atoms with Gasteiger partial charge in [0.05, 0.1) is 20.6 Å². The van der Waals surface area contributed by atoms with Crippen LogP contribution in [0.5, 0.6) is 0 Å². The van der Waals surface area contributed by atoms with Gasteiger partial charge in [0.15, 0.2) is 0 Å². The van der Waals surface area contributed by atoms with Crippen molar-refractivity contribution in [3.05, 3.63) is 86.6 Å². The molecule has 0 heterocycles. The number of aromatic carboxylic acids is 1. The number of carbonyl (C=O) groups excluding carboxylic acids is 1. The van der Waals surface area contributed by atoms with Gasteiger partial charge in [0.25, 0.3) is 5.91 Å². The Balaban J connectivity index is 2.01. The van der Waals surface area contributed by atoms with E-state index < -0.39 is 17.7 Å². The van der Waals surface area contributed by atoms with Crippen molar-refractivity contribution in [3.63, 3.8) is 0 Å². The molecule has 0 atom stereocenters. The van der Waals surface area contributed by atoms with E-state index in [9.17, 15) is 14.0 Å². The van der Waals surface area contributed by atoms with Gasteiger partial charge in [-0.05, 0) is 60.2 Å². The average molecular weight is 439 g/mol. The Labute approximate surface area is 174 Å². The maximum absolute atomic E-state index is 13.4. The van der Waals surface area contributed by atoms with Crippen LogP contribution in [0.2, 0.25) is 15.1 Å². The molecule has 3 aromatic carbocycles. The number of carboxylic acids is 1. The molecule has 3 aromatic rings. The van der Waals surface area contributed by atoms with Crippen LogP contribution in [0.1, 0.15) is 20.7 Å². The second-order valence-electron chi connectivity index (χ2n) is 5.77. The average Bonchev–Trinajstić information content (AvgIpc) is 2.64. The standard InChI is InChI=1S/C20H11Cl3FNO3/c21-16-7-11(24)3-6-13(16)14-8-17(22)18(23)9-15(14)19(26)25-12-4-1-10(2-5-12)20(27)28/h1-9H,(H,25,26)(H,27,28). The van der Waals surface area contributed by atoms with Gasteiger partial charge in [0.2, 0.25) is 0 Å². The Morgan fingerprint density at radius 3 is 2.07 bits per heavy atom. The molecule has 0 bridgehead atoms. The molecule has 0 aliphatic rings. The number of rotatable bonds is 4. The van der Waals surface area contributed by atoms with Crippen molar-refractivity contribution in [3.8, 4) is 11.1 Å². The molecule has 2 N–H and O–H groups in total. The van der Waals surface area contributed by atoms with Crippen LogP contribution in [0.3, 0.4) is 0 Å².